The highest BCUT2D eigenvalue weighted by Gasteiger charge is 2.17. The largest absolute Gasteiger partial charge is 0.481 e. The second-order valence-electron chi connectivity index (χ2n) is 4.42. The predicted octanol–water partition coefficient (Wildman–Crippen LogP) is 2.16. The van der Waals surface area contributed by atoms with Gasteiger partial charge in [-0.05, 0) is 17.9 Å². The van der Waals surface area contributed by atoms with Crippen molar-refractivity contribution >= 4 is 33.3 Å². The fourth-order valence-electron chi connectivity index (χ4n) is 1.86. The van der Waals surface area contributed by atoms with Gasteiger partial charge in [-0.1, -0.05) is 6.92 Å². The van der Waals surface area contributed by atoms with Gasteiger partial charge in [0, 0.05) is 13.6 Å². The molecule has 0 amide bonds. The van der Waals surface area contributed by atoms with Crippen molar-refractivity contribution in [3.8, 4) is 0 Å². The Bertz CT molecular complexity index is 582. The van der Waals surface area contributed by atoms with E-state index in [-0.39, 0.29) is 0 Å². The summed E-state index contributed by atoms with van der Waals surface area (Å²) in [6.45, 7) is 4.13. The molecule has 2 heterocycles. The number of anilines is 1. The first-order valence-corrected chi connectivity index (χ1v) is 6.51. The lowest BCUT2D eigenvalue weighted by Crippen LogP contribution is -2.29. The molecule has 2 rings (SSSR count). The Labute approximate surface area is 109 Å². The molecular weight excluding hydrogens is 250 g/mol. The number of rotatable bonds is 4. The maximum atomic E-state index is 10.9. The van der Waals surface area contributed by atoms with Crippen LogP contribution in [0.15, 0.2) is 11.7 Å². The molecule has 0 saturated heterocycles. The zero-order valence-electron chi connectivity index (χ0n) is 10.5. The molecule has 0 aliphatic rings. The summed E-state index contributed by atoms with van der Waals surface area (Å²) < 4.78 is 0. The highest BCUT2D eigenvalue weighted by atomic mass is 32.1. The molecule has 0 saturated carbocycles. The molecule has 1 unspecified atom stereocenters. The van der Waals surface area contributed by atoms with Crippen LogP contribution in [-0.2, 0) is 4.79 Å². The summed E-state index contributed by atoms with van der Waals surface area (Å²) in [4.78, 5) is 22.2. The van der Waals surface area contributed by atoms with E-state index in [9.17, 15) is 4.79 Å². The molecule has 0 bridgehead atoms. The summed E-state index contributed by atoms with van der Waals surface area (Å²) in [5.41, 5.74) is 1.13. The molecule has 6 heteroatoms. The van der Waals surface area contributed by atoms with Gasteiger partial charge in [0.15, 0.2) is 0 Å². The molecule has 18 heavy (non-hydrogen) atoms. The fourth-order valence-corrected chi connectivity index (χ4v) is 2.75. The van der Waals surface area contributed by atoms with Gasteiger partial charge in [0.25, 0.3) is 0 Å². The third kappa shape index (κ3) is 2.28. The smallest absolute Gasteiger partial charge is 0.308 e. The highest BCUT2D eigenvalue weighted by Crippen LogP contribution is 2.30. The Kier molecular flexibility index (Phi) is 3.47. The summed E-state index contributed by atoms with van der Waals surface area (Å²) in [7, 11) is 1.86. The summed E-state index contributed by atoms with van der Waals surface area (Å²) >= 11 is 1.58. The van der Waals surface area contributed by atoms with E-state index < -0.39 is 11.9 Å². The SMILES string of the molecule is Cc1csc2ncnc(N(C)CC(C)C(=O)O)c12. The molecule has 2 aromatic heterocycles. The number of aromatic nitrogens is 2. The van der Waals surface area contributed by atoms with Crippen LogP contribution in [0.25, 0.3) is 10.2 Å². The number of carboxylic acids is 1. The van der Waals surface area contributed by atoms with Crippen molar-refractivity contribution < 1.29 is 9.90 Å². The van der Waals surface area contributed by atoms with Gasteiger partial charge in [-0.3, -0.25) is 4.79 Å². The second kappa shape index (κ2) is 4.89. The lowest BCUT2D eigenvalue weighted by Gasteiger charge is -2.21. The summed E-state index contributed by atoms with van der Waals surface area (Å²) in [5, 5.41) is 12.0. The van der Waals surface area contributed by atoms with E-state index in [1.807, 2.05) is 24.3 Å². The Morgan fingerprint density at radius 2 is 2.28 bits per heavy atom. The molecular formula is C12H15N3O2S. The van der Waals surface area contributed by atoms with Gasteiger partial charge >= 0.3 is 5.97 Å². The predicted molar refractivity (Wildman–Crippen MR) is 72.2 cm³/mol. The van der Waals surface area contributed by atoms with E-state index in [4.69, 9.17) is 5.11 Å². The number of fused-ring (bicyclic) bond motifs is 1. The van der Waals surface area contributed by atoms with Crippen LogP contribution in [-0.4, -0.2) is 34.6 Å². The number of hydrogen-bond acceptors (Lipinski definition) is 5. The molecule has 0 fully saturated rings. The van der Waals surface area contributed by atoms with E-state index in [1.165, 1.54) is 6.33 Å². The molecule has 2 aromatic rings. The summed E-state index contributed by atoms with van der Waals surface area (Å²) in [6, 6.07) is 0. The first-order chi connectivity index (χ1) is 8.50. The first-order valence-electron chi connectivity index (χ1n) is 5.63. The average Bonchev–Trinajstić information content (AvgIpc) is 2.71. The number of thiophene rings is 1. The normalized spacial score (nSPS) is 12.6. The van der Waals surface area contributed by atoms with Gasteiger partial charge in [-0.25, -0.2) is 9.97 Å². The number of carboxylic acid groups (broad SMARTS) is 1. The maximum absolute atomic E-state index is 10.9. The van der Waals surface area contributed by atoms with Crippen molar-refractivity contribution in [2.45, 2.75) is 13.8 Å². The molecule has 1 N–H and O–H groups in total. The Hall–Kier alpha value is -1.69. The highest BCUT2D eigenvalue weighted by molar-refractivity contribution is 7.17. The topological polar surface area (TPSA) is 66.3 Å². The quantitative estimate of drug-likeness (QED) is 0.917. The monoisotopic (exact) mass is 265 g/mol. The average molecular weight is 265 g/mol. The van der Waals surface area contributed by atoms with Crippen LogP contribution >= 0.6 is 11.3 Å². The zero-order valence-corrected chi connectivity index (χ0v) is 11.4. The van der Waals surface area contributed by atoms with Crippen LogP contribution in [0.1, 0.15) is 12.5 Å². The molecule has 96 valence electrons. The Morgan fingerprint density at radius 1 is 1.56 bits per heavy atom. The van der Waals surface area contributed by atoms with Gasteiger partial charge in [0.05, 0.1) is 11.3 Å². The molecule has 0 aliphatic carbocycles. The number of aliphatic carboxylic acids is 1. The molecule has 0 radical (unpaired) electrons. The Balaban J connectivity index is 2.35. The van der Waals surface area contributed by atoms with Crippen LogP contribution in [0.4, 0.5) is 5.82 Å². The van der Waals surface area contributed by atoms with Crippen molar-refractivity contribution in [1.29, 1.82) is 0 Å². The first kappa shape index (κ1) is 12.8. The minimum Gasteiger partial charge on any atom is -0.481 e. The van der Waals surface area contributed by atoms with Crippen LogP contribution in [0.5, 0.6) is 0 Å². The van der Waals surface area contributed by atoms with E-state index in [0.29, 0.717) is 6.54 Å². The molecule has 0 aromatic carbocycles. The summed E-state index contributed by atoms with van der Waals surface area (Å²) in [6.07, 6.45) is 1.52. The van der Waals surface area contributed by atoms with Gasteiger partial charge in [0.1, 0.15) is 17.0 Å². The van der Waals surface area contributed by atoms with Crippen LogP contribution in [0.2, 0.25) is 0 Å². The minimum atomic E-state index is -0.797. The second-order valence-corrected chi connectivity index (χ2v) is 5.27. The van der Waals surface area contributed by atoms with Gasteiger partial charge in [0.2, 0.25) is 0 Å². The van der Waals surface area contributed by atoms with E-state index >= 15 is 0 Å². The van der Waals surface area contributed by atoms with Gasteiger partial charge in [-0.15, -0.1) is 11.3 Å². The lowest BCUT2D eigenvalue weighted by molar-refractivity contribution is -0.140. The van der Waals surface area contributed by atoms with E-state index in [1.54, 1.807) is 18.3 Å². The number of aryl methyl sites for hydroxylation is 1. The standard InChI is InChI=1S/C12H15N3O2S/c1-7(12(16)17)4-15(3)10-9-8(2)5-18-11(9)14-6-13-10/h5-7H,4H2,1-3H3,(H,16,17). The maximum Gasteiger partial charge on any atom is 0.308 e. The molecule has 5 nitrogen and oxygen atoms in total. The van der Waals surface area contributed by atoms with Crippen molar-refractivity contribution in [2.75, 3.05) is 18.5 Å². The van der Waals surface area contributed by atoms with Crippen LogP contribution in [0.3, 0.4) is 0 Å². The minimum absolute atomic E-state index is 0.427. The van der Waals surface area contributed by atoms with Crippen LogP contribution < -0.4 is 4.90 Å². The number of carbonyl (C=O) groups is 1. The number of hydrogen-bond donors (Lipinski definition) is 1. The fraction of sp³-hybridized carbons (Fsp3) is 0.417. The third-order valence-electron chi connectivity index (χ3n) is 2.87. The Morgan fingerprint density at radius 3 is 2.94 bits per heavy atom. The summed E-state index contributed by atoms with van der Waals surface area (Å²) in [5.74, 6) is -0.431. The van der Waals surface area contributed by atoms with Crippen molar-refractivity contribution in [2.24, 2.45) is 5.92 Å². The van der Waals surface area contributed by atoms with Crippen molar-refractivity contribution in [1.82, 2.24) is 9.97 Å². The molecule has 0 aliphatic heterocycles. The van der Waals surface area contributed by atoms with E-state index in [0.717, 1.165) is 21.6 Å². The zero-order chi connectivity index (χ0) is 13.3. The van der Waals surface area contributed by atoms with E-state index in [2.05, 4.69) is 9.97 Å². The molecule has 1 atom stereocenters. The van der Waals surface area contributed by atoms with Gasteiger partial charge in [-0.2, -0.15) is 0 Å². The third-order valence-corrected chi connectivity index (χ3v) is 3.87. The van der Waals surface area contributed by atoms with Crippen molar-refractivity contribution in [3.05, 3.63) is 17.3 Å². The lowest BCUT2D eigenvalue weighted by atomic mass is 10.1. The van der Waals surface area contributed by atoms with Crippen LogP contribution in [0, 0.1) is 12.8 Å². The molecule has 0 spiro atoms. The number of nitrogens with zero attached hydrogens (tertiary/aromatic N) is 3. The van der Waals surface area contributed by atoms with Crippen molar-refractivity contribution in [3.63, 3.8) is 0 Å². The van der Waals surface area contributed by atoms with Gasteiger partial charge < -0.3 is 10.0 Å².